The van der Waals surface area contributed by atoms with E-state index in [1.165, 1.54) is 11.3 Å². The SMILES string of the molecule is Nc1nc(-c2ccc(C#CCS)cc2)cs1. The molecule has 0 amide bonds. The zero-order chi connectivity index (χ0) is 11.4. The third-order valence-corrected chi connectivity index (χ3v) is 2.85. The van der Waals surface area contributed by atoms with Crippen LogP contribution in [0.25, 0.3) is 11.3 Å². The molecule has 0 saturated heterocycles. The molecule has 2 aromatic rings. The number of nitrogen functional groups attached to an aromatic ring is 1. The maximum Gasteiger partial charge on any atom is 0.180 e. The Morgan fingerprint density at radius 1 is 1.31 bits per heavy atom. The maximum atomic E-state index is 5.59. The van der Waals surface area contributed by atoms with Crippen LogP contribution in [0.15, 0.2) is 29.6 Å². The lowest BCUT2D eigenvalue weighted by atomic mass is 10.1. The van der Waals surface area contributed by atoms with E-state index in [0.29, 0.717) is 10.9 Å². The number of hydrogen-bond donors (Lipinski definition) is 2. The van der Waals surface area contributed by atoms with Gasteiger partial charge in [0.05, 0.1) is 11.4 Å². The number of thiazole rings is 1. The number of thiol groups is 1. The van der Waals surface area contributed by atoms with Crippen molar-refractivity contribution in [2.45, 2.75) is 0 Å². The Morgan fingerprint density at radius 3 is 2.62 bits per heavy atom. The van der Waals surface area contributed by atoms with Gasteiger partial charge in [0.1, 0.15) is 0 Å². The average molecular weight is 246 g/mol. The highest BCUT2D eigenvalue weighted by atomic mass is 32.1. The topological polar surface area (TPSA) is 38.9 Å². The molecule has 0 spiro atoms. The molecule has 0 radical (unpaired) electrons. The lowest BCUT2D eigenvalue weighted by molar-refractivity contribution is 1.41. The van der Waals surface area contributed by atoms with E-state index in [2.05, 4.69) is 29.5 Å². The van der Waals surface area contributed by atoms with Gasteiger partial charge in [-0.3, -0.25) is 0 Å². The van der Waals surface area contributed by atoms with Crippen molar-refractivity contribution in [3.63, 3.8) is 0 Å². The standard InChI is InChI=1S/C12H10N2S2/c13-12-14-11(8-16-12)10-5-3-9(4-6-10)2-1-7-15/h3-6,8,15H,7H2,(H2,13,14). The molecule has 16 heavy (non-hydrogen) atoms. The normalized spacial score (nSPS) is 9.56. The highest BCUT2D eigenvalue weighted by Gasteiger charge is 2.01. The number of hydrogen-bond acceptors (Lipinski definition) is 4. The summed E-state index contributed by atoms with van der Waals surface area (Å²) in [6.45, 7) is 0. The van der Waals surface area contributed by atoms with Gasteiger partial charge in [-0.25, -0.2) is 4.98 Å². The van der Waals surface area contributed by atoms with Crippen LogP contribution in [-0.2, 0) is 0 Å². The molecule has 1 aromatic carbocycles. The highest BCUT2D eigenvalue weighted by molar-refractivity contribution is 7.80. The highest BCUT2D eigenvalue weighted by Crippen LogP contribution is 2.22. The Bertz CT molecular complexity index is 532. The summed E-state index contributed by atoms with van der Waals surface area (Å²) in [5, 5.41) is 2.54. The number of nitrogens with zero attached hydrogens (tertiary/aromatic N) is 1. The van der Waals surface area contributed by atoms with Crippen LogP contribution in [-0.4, -0.2) is 10.7 Å². The second-order valence-corrected chi connectivity index (χ2v) is 4.31. The molecule has 2 nitrogen and oxygen atoms in total. The van der Waals surface area contributed by atoms with Crippen molar-refractivity contribution in [2.24, 2.45) is 0 Å². The van der Waals surface area contributed by atoms with E-state index in [9.17, 15) is 0 Å². The Morgan fingerprint density at radius 2 is 2.06 bits per heavy atom. The van der Waals surface area contributed by atoms with E-state index in [0.717, 1.165) is 16.8 Å². The number of anilines is 1. The van der Waals surface area contributed by atoms with Gasteiger partial charge in [0, 0.05) is 16.5 Å². The molecule has 0 saturated carbocycles. The number of aromatic nitrogens is 1. The first-order chi connectivity index (χ1) is 7.79. The van der Waals surface area contributed by atoms with Crippen molar-refractivity contribution in [1.82, 2.24) is 4.98 Å². The van der Waals surface area contributed by atoms with E-state index < -0.39 is 0 Å². The molecule has 4 heteroatoms. The van der Waals surface area contributed by atoms with Gasteiger partial charge in [-0.2, -0.15) is 12.6 Å². The Labute approximate surface area is 104 Å². The van der Waals surface area contributed by atoms with E-state index in [4.69, 9.17) is 5.73 Å². The van der Waals surface area contributed by atoms with Gasteiger partial charge < -0.3 is 5.73 Å². The fourth-order valence-electron chi connectivity index (χ4n) is 1.29. The van der Waals surface area contributed by atoms with Gasteiger partial charge >= 0.3 is 0 Å². The van der Waals surface area contributed by atoms with Crippen molar-refractivity contribution >= 4 is 29.1 Å². The van der Waals surface area contributed by atoms with Crippen LogP contribution in [0.3, 0.4) is 0 Å². The molecule has 0 aliphatic heterocycles. The molecular formula is C12H10N2S2. The van der Waals surface area contributed by atoms with E-state index in [-0.39, 0.29) is 0 Å². The smallest absolute Gasteiger partial charge is 0.180 e. The lowest BCUT2D eigenvalue weighted by Crippen LogP contribution is -1.83. The second-order valence-electron chi connectivity index (χ2n) is 3.11. The van der Waals surface area contributed by atoms with Gasteiger partial charge in [-0.15, -0.1) is 11.3 Å². The van der Waals surface area contributed by atoms with Crippen LogP contribution in [0.1, 0.15) is 5.56 Å². The fraction of sp³-hybridized carbons (Fsp3) is 0.0833. The Balaban J connectivity index is 2.25. The van der Waals surface area contributed by atoms with Crippen LogP contribution in [0.4, 0.5) is 5.13 Å². The predicted molar refractivity (Wildman–Crippen MR) is 72.7 cm³/mol. The third-order valence-electron chi connectivity index (χ3n) is 2.01. The molecule has 0 fully saturated rings. The second kappa shape index (κ2) is 5.06. The summed E-state index contributed by atoms with van der Waals surface area (Å²) < 4.78 is 0. The third kappa shape index (κ3) is 2.57. The minimum Gasteiger partial charge on any atom is -0.375 e. The van der Waals surface area contributed by atoms with Gasteiger partial charge in [0.2, 0.25) is 0 Å². The summed E-state index contributed by atoms with van der Waals surface area (Å²) in [6.07, 6.45) is 0. The van der Waals surface area contributed by atoms with Crippen molar-refractivity contribution < 1.29 is 0 Å². The summed E-state index contributed by atoms with van der Waals surface area (Å²) in [5.74, 6) is 6.49. The van der Waals surface area contributed by atoms with E-state index >= 15 is 0 Å². The molecule has 2 N–H and O–H groups in total. The molecule has 2 rings (SSSR count). The summed E-state index contributed by atoms with van der Waals surface area (Å²) in [5.41, 5.74) is 8.55. The summed E-state index contributed by atoms with van der Waals surface area (Å²) in [7, 11) is 0. The van der Waals surface area contributed by atoms with Crippen LogP contribution in [0.2, 0.25) is 0 Å². The number of benzene rings is 1. The minimum atomic E-state index is 0.574. The van der Waals surface area contributed by atoms with Crippen molar-refractivity contribution in [3.05, 3.63) is 35.2 Å². The summed E-state index contributed by atoms with van der Waals surface area (Å²) >= 11 is 5.48. The average Bonchev–Trinajstić information content (AvgIpc) is 2.74. The lowest BCUT2D eigenvalue weighted by Gasteiger charge is -1.96. The summed E-state index contributed by atoms with van der Waals surface area (Å²) in [4.78, 5) is 4.22. The quantitative estimate of drug-likeness (QED) is 0.600. The molecule has 1 heterocycles. The largest absolute Gasteiger partial charge is 0.375 e. The van der Waals surface area contributed by atoms with E-state index in [1.807, 2.05) is 29.6 Å². The first kappa shape index (κ1) is 11.1. The monoisotopic (exact) mass is 246 g/mol. The zero-order valence-electron chi connectivity index (χ0n) is 8.47. The molecule has 0 aliphatic rings. The fourth-order valence-corrected chi connectivity index (χ4v) is 1.94. The Kier molecular flexibility index (Phi) is 3.50. The molecule has 0 bridgehead atoms. The zero-order valence-corrected chi connectivity index (χ0v) is 10.2. The molecule has 0 aliphatic carbocycles. The summed E-state index contributed by atoms with van der Waals surface area (Å²) in [6, 6.07) is 7.94. The number of nitrogens with two attached hydrogens (primary N) is 1. The maximum absolute atomic E-state index is 5.59. The minimum absolute atomic E-state index is 0.574. The van der Waals surface area contributed by atoms with E-state index in [1.54, 1.807) is 0 Å². The predicted octanol–water partition coefficient (Wildman–Crippen LogP) is 2.67. The van der Waals surface area contributed by atoms with Crippen molar-refractivity contribution in [3.8, 4) is 23.1 Å². The van der Waals surface area contributed by atoms with Gasteiger partial charge in [0.15, 0.2) is 5.13 Å². The van der Waals surface area contributed by atoms with Gasteiger partial charge in [-0.05, 0) is 12.1 Å². The number of rotatable bonds is 1. The van der Waals surface area contributed by atoms with Gasteiger partial charge in [0.25, 0.3) is 0 Å². The van der Waals surface area contributed by atoms with Crippen LogP contribution in [0.5, 0.6) is 0 Å². The first-order valence-corrected chi connectivity index (χ1v) is 6.22. The Hall–Kier alpha value is -1.44. The molecule has 1 aromatic heterocycles. The van der Waals surface area contributed by atoms with Crippen LogP contribution < -0.4 is 5.73 Å². The molecule has 80 valence electrons. The molecule has 0 unspecified atom stereocenters. The molecule has 0 atom stereocenters. The van der Waals surface area contributed by atoms with Crippen molar-refractivity contribution in [1.29, 1.82) is 0 Å². The first-order valence-electron chi connectivity index (χ1n) is 4.71. The van der Waals surface area contributed by atoms with Gasteiger partial charge in [-0.1, -0.05) is 24.0 Å². The van der Waals surface area contributed by atoms with Crippen molar-refractivity contribution in [2.75, 3.05) is 11.5 Å². The molecular weight excluding hydrogens is 236 g/mol. The van der Waals surface area contributed by atoms with Crippen LogP contribution >= 0.6 is 24.0 Å². The van der Waals surface area contributed by atoms with Crippen LogP contribution in [0, 0.1) is 11.8 Å².